The van der Waals surface area contributed by atoms with Crippen LogP contribution in [0.5, 0.6) is 5.75 Å². The molecule has 0 radical (unpaired) electrons. The number of halogens is 1. The summed E-state index contributed by atoms with van der Waals surface area (Å²) in [5, 5.41) is 3.05. The van der Waals surface area contributed by atoms with Crippen LogP contribution in [0.4, 0.5) is 9.18 Å². The first-order valence-corrected chi connectivity index (χ1v) is 12.4. The maximum atomic E-state index is 14.9. The minimum Gasteiger partial charge on any atom is -0.410 e. The monoisotopic (exact) mass is 493 g/mol. The van der Waals surface area contributed by atoms with Gasteiger partial charge in [-0.15, -0.1) is 0 Å². The highest BCUT2D eigenvalue weighted by Gasteiger charge is 2.25. The first-order valence-electron chi connectivity index (χ1n) is 11.6. The quantitative estimate of drug-likeness (QED) is 0.465. The maximum absolute atomic E-state index is 14.9. The number of amides is 2. The molecule has 10 heteroatoms. The number of aromatic nitrogens is 2. The Morgan fingerprint density at radius 1 is 1.14 bits per heavy atom. The summed E-state index contributed by atoms with van der Waals surface area (Å²) >= 11 is 1.45. The molecule has 8 nitrogen and oxygen atoms in total. The number of nitrogens with one attached hydrogen (secondary N) is 1. The first kappa shape index (κ1) is 22.0. The summed E-state index contributed by atoms with van der Waals surface area (Å²) < 4.78 is 23.1. The predicted molar refractivity (Wildman–Crippen MR) is 132 cm³/mol. The molecule has 2 fully saturated rings. The van der Waals surface area contributed by atoms with Crippen molar-refractivity contribution in [2.75, 3.05) is 33.2 Å². The smallest absolute Gasteiger partial charge is 0.410 e. The largest absolute Gasteiger partial charge is 0.415 e. The van der Waals surface area contributed by atoms with Crippen molar-refractivity contribution in [2.24, 2.45) is 0 Å². The van der Waals surface area contributed by atoms with E-state index < -0.39 is 11.9 Å². The number of imidazole rings is 1. The molecule has 6 rings (SSSR count). The Bertz CT molecular complexity index is 1450. The van der Waals surface area contributed by atoms with Crippen molar-refractivity contribution >= 4 is 38.5 Å². The summed E-state index contributed by atoms with van der Waals surface area (Å²) in [5.41, 5.74) is 2.34. The van der Waals surface area contributed by atoms with Crippen molar-refractivity contribution in [3.8, 4) is 17.0 Å². The molecule has 0 unspecified atom stereocenters. The second kappa shape index (κ2) is 8.62. The van der Waals surface area contributed by atoms with Crippen LogP contribution in [0, 0.1) is 5.82 Å². The summed E-state index contributed by atoms with van der Waals surface area (Å²) in [7, 11) is 2.02. The third-order valence-corrected chi connectivity index (χ3v) is 7.56. The highest BCUT2D eigenvalue weighted by Crippen LogP contribution is 2.32. The predicted octanol–water partition coefficient (Wildman–Crippen LogP) is 3.99. The van der Waals surface area contributed by atoms with E-state index in [4.69, 9.17) is 4.74 Å². The van der Waals surface area contributed by atoms with Gasteiger partial charge in [0.25, 0.3) is 5.91 Å². The van der Waals surface area contributed by atoms with Gasteiger partial charge >= 0.3 is 6.09 Å². The topological polar surface area (TPSA) is 79.2 Å². The minimum atomic E-state index is -0.507. The number of likely N-dealkylation sites (tertiary alicyclic amines) is 2. The van der Waals surface area contributed by atoms with Gasteiger partial charge in [0.15, 0.2) is 4.96 Å². The lowest BCUT2D eigenvalue weighted by Gasteiger charge is -2.36. The number of thiazole rings is 1. The van der Waals surface area contributed by atoms with Crippen LogP contribution in [0.2, 0.25) is 0 Å². The average molecular weight is 494 g/mol. The molecule has 1 N–H and O–H groups in total. The molecule has 180 valence electrons. The molecular weight excluding hydrogens is 469 g/mol. The van der Waals surface area contributed by atoms with Crippen LogP contribution in [0.25, 0.3) is 26.4 Å². The third-order valence-electron chi connectivity index (χ3n) is 6.54. The number of benzene rings is 2. The Hall–Kier alpha value is -3.50. The van der Waals surface area contributed by atoms with Crippen LogP contribution in [0.15, 0.2) is 42.6 Å². The molecule has 2 saturated heterocycles. The van der Waals surface area contributed by atoms with Crippen LogP contribution in [-0.4, -0.2) is 70.5 Å². The van der Waals surface area contributed by atoms with E-state index in [2.05, 4.69) is 15.2 Å². The van der Waals surface area contributed by atoms with E-state index in [1.807, 2.05) is 23.6 Å². The lowest BCUT2D eigenvalue weighted by Crippen LogP contribution is -2.57. The van der Waals surface area contributed by atoms with Crippen molar-refractivity contribution in [2.45, 2.75) is 18.9 Å². The van der Waals surface area contributed by atoms with Gasteiger partial charge in [-0.1, -0.05) is 11.3 Å². The summed E-state index contributed by atoms with van der Waals surface area (Å²) in [5.74, 6) is -0.411. The fourth-order valence-electron chi connectivity index (χ4n) is 4.66. The summed E-state index contributed by atoms with van der Waals surface area (Å²) in [6.45, 7) is 3.07. The van der Waals surface area contributed by atoms with Crippen molar-refractivity contribution in [3.05, 3.63) is 54.0 Å². The van der Waals surface area contributed by atoms with Crippen molar-refractivity contribution in [3.63, 3.8) is 0 Å². The zero-order chi connectivity index (χ0) is 24.1. The normalized spacial score (nSPS) is 16.7. The van der Waals surface area contributed by atoms with Crippen LogP contribution in [0.1, 0.15) is 23.2 Å². The van der Waals surface area contributed by atoms with Gasteiger partial charge < -0.3 is 19.9 Å². The van der Waals surface area contributed by atoms with Gasteiger partial charge in [0.05, 0.1) is 22.0 Å². The van der Waals surface area contributed by atoms with Crippen LogP contribution >= 0.6 is 11.3 Å². The average Bonchev–Trinajstić information content (AvgIpc) is 3.54. The zero-order valence-corrected chi connectivity index (χ0v) is 20.0. The van der Waals surface area contributed by atoms with E-state index in [0.717, 1.165) is 36.1 Å². The van der Waals surface area contributed by atoms with E-state index in [1.54, 1.807) is 29.3 Å². The van der Waals surface area contributed by atoms with Crippen LogP contribution in [0.3, 0.4) is 0 Å². The second-order valence-electron chi connectivity index (χ2n) is 9.16. The number of likely N-dealkylation sites (N-methyl/N-ethyl adjacent to an activating group) is 1. The third kappa shape index (κ3) is 4.12. The molecule has 2 aliphatic heterocycles. The highest BCUT2D eigenvalue weighted by atomic mass is 32.1. The Morgan fingerprint density at radius 3 is 2.69 bits per heavy atom. The zero-order valence-electron chi connectivity index (χ0n) is 19.2. The number of hydrogen-bond acceptors (Lipinski definition) is 6. The van der Waals surface area contributed by atoms with Gasteiger partial charge in [-0.2, -0.15) is 0 Å². The van der Waals surface area contributed by atoms with Gasteiger partial charge in [0.2, 0.25) is 0 Å². The number of rotatable bonds is 4. The summed E-state index contributed by atoms with van der Waals surface area (Å²) in [6.07, 6.45) is 3.26. The first-order chi connectivity index (χ1) is 16.9. The van der Waals surface area contributed by atoms with Crippen molar-refractivity contribution in [1.29, 1.82) is 0 Å². The van der Waals surface area contributed by atoms with Gasteiger partial charge in [-0.05, 0) is 50.2 Å². The molecular formula is C25H24FN5O3S. The molecule has 0 bridgehead atoms. The van der Waals surface area contributed by atoms with E-state index in [0.29, 0.717) is 34.9 Å². The van der Waals surface area contributed by atoms with Gasteiger partial charge in [0, 0.05) is 49.6 Å². The molecule has 0 spiro atoms. The summed E-state index contributed by atoms with van der Waals surface area (Å²) in [6, 6.07) is 10.1. The number of fused-ring (bicyclic) bond motifs is 3. The molecule has 0 saturated carbocycles. The standard InChI is InChI=1S/C25H24FN5O3S/c1-29-12-16(13-29)27-23(32)15-4-7-21-22(10-15)35-24-28-20(14-31(21)24)18-6-5-17(11-19(18)26)34-25(33)30-8-2-3-9-30/h4-7,10-11,14,16H,2-3,8-9,12-13H2,1H3,(H,27,32). The lowest BCUT2D eigenvalue weighted by molar-refractivity contribution is 0.0858. The van der Waals surface area contributed by atoms with Crippen molar-refractivity contribution in [1.82, 2.24) is 24.5 Å². The number of carbonyl (C=O) groups excluding carboxylic acids is 2. The molecule has 4 heterocycles. The Labute approximate surface area is 204 Å². The number of nitrogens with zero attached hydrogens (tertiary/aromatic N) is 4. The van der Waals surface area contributed by atoms with E-state index in [-0.39, 0.29) is 17.7 Å². The lowest BCUT2D eigenvalue weighted by atomic mass is 10.1. The molecule has 4 aromatic rings. The fraction of sp³-hybridized carbons (Fsp3) is 0.320. The highest BCUT2D eigenvalue weighted by molar-refractivity contribution is 7.23. The SMILES string of the molecule is CN1CC(NC(=O)c2ccc3c(c2)sc2nc(-c4ccc(OC(=O)N5CCCC5)cc4F)cn23)C1. The molecule has 2 aromatic heterocycles. The molecule has 35 heavy (non-hydrogen) atoms. The maximum Gasteiger partial charge on any atom is 0.415 e. The Kier molecular flexibility index (Phi) is 5.42. The van der Waals surface area contributed by atoms with Crippen LogP contribution < -0.4 is 10.1 Å². The Morgan fingerprint density at radius 2 is 1.94 bits per heavy atom. The molecule has 0 atom stereocenters. The molecule has 2 aliphatic rings. The van der Waals surface area contributed by atoms with E-state index >= 15 is 0 Å². The summed E-state index contributed by atoms with van der Waals surface area (Å²) in [4.78, 5) is 33.8. The second-order valence-corrected chi connectivity index (χ2v) is 10.2. The number of ether oxygens (including phenoxy) is 1. The Balaban J connectivity index is 1.22. The van der Waals surface area contributed by atoms with E-state index in [1.165, 1.54) is 17.4 Å². The molecule has 2 amide bonds. The minimum absolute atomic E-state index is 0.0793. The number of hydrogen-bond donors (Lipinski definition) is 1. The fourth-order valence-corrected chi connectivity index (χ4v) is 5.71. The number of carbonyl (C=O) groups is 2. The van der Waals surface area contributed by atoms with Gasteiger partial charge in [-0.25, -0.2) is 14.2 Å². The van der Waals surface area contributed by atoms with Gasteiger partial charge in [0.1, 0.15) is 11.6 Å². The molecule has 0 aliphatic carbocycles. The van der Waals surface area contributed by atoms with Crippen LogP contribution in [-0.2, 0) is 0 Å². The van der Waals surface area contributed by atoms with Gasteiger partial charge in [-0.3, -0.25) is 9.20 Å². The van der Waals surface area contributed by atoms with Crippen molar-refractivity contribution < 1.29 is 18.7 Å². The molecule has 2 aromatic carbocycles. The van der Waals surface area contributed by atoms with E-state index in [9.17, 15) is 14.0 Å².